The number of ether oxygens (including phenoxy) is 1. The number of benzene rings is 1. The molecule has 3 rings (SSSR count). The minimum atomic E-state index is -2.91. The molecule has 1 saturated carbocycles. The first kappa shape index (κ1) is 18.0. The van der Waals surface area contributed by atoms with E-state index in [1.165, 1.54) is 24.3 Å². The van der Waals surface area contributed by atoms with Gasteiger partial charge in [0.2, 0.25) is 5.92 Å². The Morgan fingerprint density at radius 3 is 2.42 bits per heavy atom. The summed E-state index contributed by atoms with van der Waals surface area (Å²) < 4.78 is 50.5. The fraction of sp³-hybridized carbons (Fsp3) is 0.438. The van der Waals surface area contributed by atoms with E-state index < -0.39 is 48.9 Å². The number of anilines is 1. The SMILES string of the molecule is O=C(Nc1ccc(OCc2noc(=O)[nH]2)cc1)C1(F)CCC(F)(F)CC1. The van der Waals surface area contributed by atoms with E-state index in [4.69, 9.17) is 4.74 Å². The zero-order valence-corrected chi connectivity index (χ0v) is 13.6. The van der Waals surface area contributed by atoms with Crippen molar-refractivity contribution in [3.63, 3.8) is 0 Å². The first-order valence-electron chi connectivity index (χ1n) is 7.92. The van der Waals surface area contributed by atoms with Crippen molar-refractivity contribution in [2.75, 3.05) is 5.32 Å². The van der Waals surface area contributed by atoms with Crippen molar-refractivity contribution in [3.05, 3.63) is 40.6 Å². The van der Waals surface area contributed by atoms with Gasteiger partial charge in [-0.3, -0.25) is 14.3 Å². The van der Waals surface area contributed by atoms with Crippen LogP contribution in [0.25, 0.3) is 0 Å². The van der Waals surface area contributed by atoms with Gasteiger partial charge in [-0.05, 0) is 37.1 Å². The number of carbonyl (C=O) groups excluding carboxylic acids is 1. The Balaban J connectivity index is 1.55. The molecule has 0 spiro atoms. The number of alkyl halides is 3. The lowest BCUT2D eigenvalue weighted by Crippen LogP contribution is -2.44. The molecule has 0 saturated heterocycles. The second kappa shape index (κ2) is 6.85. The van der Waals surface area contributed by atoms with Crippen LogP contribution in [0.2, 0.25) is 0 Å². The molecule has 140 valence electrons. The lowest BCUT2D eigenvalue weighted by atomic mass is 9.83. The van der Waals surface area contributed by atoms with Gasteiger partial charge in [0.1, 0.15) is 12.4 Å². The molecule has 2 N–H and O–H groups in total. The van der Waals surface area contributed by atoms with Gasteiger partial charge in [-0.1, -0.05) is 5.16 Å². The third kappa shape index (κ3) is 4.24. The van der Waals surface area contributed by atoms with Gasteiger partial charge >= 0.3 is 5.76 Å². The van der Waals surface area contributed by atoms with Crippen LogP contribution in [0.15, 0.2) is 33.6 Å². The van der Waals surface area contributed by atoms with E-state index in [-0.39, 0.29) is 12.4 Å². The van der Waals surface area contributed by atoms with Gasteiger partial charge in [-0.25, -0.2) is 18.0 Å². The number of H-pyrrole nitrogens is 1. The zero-order valence-electron chi connectivity index (χ0n) is 13.6. The van der Waals surface area contributed by atoms with Crippen LogP contribution in [0.3, 0.4) is 0 Å². The third-order valence-corrected chi connectivity index (χ3v) is 4.15. The van der Waals surface area contributed by atoms with Gasteiger partial charge in [-0.2, -0.15) is 0 Å². The van der Waals surface area contributed by atoms with Crippen LogP contribution in [-0.2, 0) is 11.4 Å². The lowest BCUT2D eigenvalue weighted by Gasteiger charge is -2.32. The summed E-state index contributed by atoms with van der Waals surface area (Å²) in [5, 5.41) is 5.83. The summed E-state index contributed by atoms with van der Waals surface area (Å²) in [7, 11) is 0. The fourth-order valence-corrected chi connectivity index (χ4v) is 2.59. The van der Waals surface area contributed by atoms with E-state index in [0.29, 0.717) is 11.4 Å². The second-order valence-electron chi connectivity index (χ2n) is 6.13. The Bertz CT molecular complexity index is 822. The van der Waals surface area contributed by atoms with Crippen LogP contribution in [0.4, 0.5) is 18.9 Å². The standard InChI is InChI=1S/C16H16F3N3O4/c17-15(5-7-16(18,19)8-6-15)13(23)20-10-1-3-11(4-2-10)25-9-12-21-14(24)26-22-12/h1-4H,5-9H2,(H,20,23)(H,21,22,24). The summed E-state index contributed by atoms with van der Waals surface area (Å²) in [5.41, 5.74) is -1.98. The molecule has 7 nitrogen and oxygen atoms in total. The molecule has 0 atom stereocenters. The highest BCUT2D eigenvalue weighted by Crippen LogP contribution is 2.41. The Hall–Kier alpha value is -2.78. The van der Waals surface area contributed by atoms with Crippen molar-refractivity contribution in [2.45, 2.75) is 43.9 Å². The Labute approximate surface area is 145 Å². The summed E-state index contributed by atoms with van der Waals surface area (Å²) in [5.74, 6) is -3.91. The molecule has 1 aromatic heterocycles. The molecule has 26 heavy (non-hydrogen) atoms. The number of aromatic nitrogens is 2. The van der Waals surface area contributed by atoms with E-state index in [9.17, 15) is 22.8 Å². The highest BCUT2D eigenvalue weighted by atomic mass is 19.3. The predicted molar refractivity (Wildman–Crippen MR) is 83.8 cm³/mol. The summed E-state index contributed by atoms with van der Waals surface area (Å²) in [6.45, 7) is -0.0285. The summed E-state index contributed by atoms with van der Waals surface area (Å²) in [6, 6.07) is 6.01. The van der Waals surface area contributed by atoms with Crippen molar-refractivity contribution in [2.24, 2.45) is 0 Å². The van der Waals surface area contributed by atoms with Crippen LogP contribution in [0.5, 0.6) is 5.75 Å². The highest BCUT2D eigenvalue weighted by Gasteiger charge is 2.48. The molecule has 1 aliphatic rings. The Morgan fingerprint density at radius 1 is 1.19 bits per heavy atom. The largest absolute Gasteiger partial charge is 0.486 e. The number of carbonyl (C=O) groups is 1. The lowest BCUT2D eigenvalue weighted by molar-refractivity contribution is -0.136. The topological polar surface area (TPSA) is 97.2 Å². The van der Waals surface area contributed by atoms with Gasteiger partial charge in [-0.15, -0.1) is 0 Å². The first-order chi connectivity index (χ1) is 12.3. The molecule has 2 aromatic rings. The molecular weight excluding hydrogens is 355 g/mol. The Morgan fingerprint density at radius 2 is 1.85 bits per heavy atom. The van der Waals surface area contributed by atoms with Crippen molar-refractivity contribution >= 4 is 11.6 Å². The predicted octanol–water partition coefficient (Wildman–Crippen LogP) is 2.80. The number of aromatic amines is 1. The van der Waals surface area contributed by atoms with E-state index in [1.807, 2.05) is 0 Å². The van der Waals surface area contributed by atoms with E-state index in [0.717, 1.165) is 0 Å². The number of nitrogens with zero attached hydrogens (tertiary/aromatic N) is 1. The maximum Gasteiger partial charge on any atom is 0.439 e. The molecule has 1 heterocycles. The van der Waals surface area contributed by atoms with Crippen LogP contribution < -0.4 is 15.8 Å². The van der Waals surface area contributed by atoms with E-state index in [2.05, 4.69) is 20.0 Å². The summed E-state index contributed by atoms with van der Waals surface area (Å²) >= 11 is 0. The number of hydrogen-bond acceptors (Lipinski definition) is 5. The van der Waals surface area contributed by atoms with Crippen LogP contribution in [-0.4, -0.2) is 27.6 Å². The molecular formula is C16H16F3N3O4. The van der Waals surface area contributed by atoms with Gasteiger partial charge in [0.05, 0.1) is 0 Å². The minimum Gasteiger partial charge on any atom is -0.486 e. The molecule has 1 fully saturated rings. The van der Waals surface area contributed by atoms with E-state index >= 15 is 0 Å². The second-order valence-corrected chi connectivity index (χ2v) is 6.13. The molecule has 0 bridgehead atoms. The number of hydrogen-bond donors (Lipinski definition) is 2. The summed E-state index contributed by atoms with van der Waals surface area (Å²) in [6.07, 6.45) is -2.31. The average Bonchev–Trinajstić information content (AvgIpc) is 3.02. The molecule has 1 aliphatic carbocycles. The van der Waals surface area contributed by atoms with Gasteiger partial charge in [0.15, 0.2) is 11.5 Å². The molecule has 1 aromatic carbocycles. The fourth-order valence-electron chi connectivity index (χ4n) is 2.59. The number of rotatable bonds is 5. The average molecular weight is 371 g/mol. The maximum absolute atomic E-state index is 14.6. The smallest absolute Gasteiger partial charge is 0.439 e. The van der Waals surface area contributed by atoms with Crippen LogP contribution in [0.1, 0.15) is 31.5 Å². The third-order valence-electron chi connectivity index (χ3n) is 4.15. The van der Waals surface area contributed by atoms with E-state index in [1.54, 1.807) is 0 Å². The number of amides is 1. The van der Waals surface area contributed by atoms with Crippen LogP contribution >= 0.6 is 0 Å². The molecule has 0 unspecified atom stereocenters. The molecule has 0 radical (unpaired) electrons. The van der Waals surface area contributed by atoms with Crippen LogP contribution in [0, 0.1) is 0 Å². The highest BCUT2D eigenvalue weighted by molar-refractivity contribution is 5.97. The zero-order chi connectivity index (χ0) is 18.8. The van der Waals surface area contributed by atoms with Crippen molar-refractivity contribution in [1.82, 2.24) is 10.1 Å². The molecule has 0 aliphatic heterocycles. The van der Waals surface area contributed by atoms with Crippen molar-refractivity contribution in [1.29, 1.82) is 0 Å². The first-order valence-corrected chi connectivity index (χ1v) is 7.92. The number of nitrogens with one attached hydrogen (secondary N) is 2. The van der Waals surface area contributed by atoms with Crippen molar-refractivity contribution < 1.29 is 27.2 Å². The minimum absolute atomic E-state index is 0.0285. The monoisotopic (exact) mass is 371 g/mol. The normalized spacial score (nSPS) is 18.3. The number of halogens is 3. The molecule has 10 heteroatoms. The quantitative estimate of drug-likeness (QED) is 0.842. The van der Waals surface area contributed by atoms with Gasteiger partial charge in [0, 0.05) is 18.5 Å². The summed E-state index contributed by atoms with van der Waals surface area (Å²) in [4.78, 5) is 25.2. The molecule has 1 amide bonds. The van der Waals surface area contributed by atoms with Gasteiger partial charge in [0.25, 0.3) is 5.91 Å². The van der Waals surface area contributed by atoms with Crippen molar-refractivity contribution in [3.8, 4) is 5.75 Å². The Kier molecular flexibility index (Phi) is 4.75. The maximum atomic E-state index is 14.6. The van der Waals surface area contributed by atoms with Gasteiger partial charge < -0.3 is 10.1 Å².